The second-order valence-electron chi connectivity index (χ2n) is 3.63. The number of nitrogens with zero attached hydrogens (tertiary/aromatic N) is 1. The summed E-state index contributed by atoms with van der Waals surface area (Å²) in [5.41, 5.74) is 0. The Labute approximate surface area is 95.7 Å². The Balaban J connectivity index is 2.10. The van der Waals surface area contributed by atoms with Crippen molar-refractivity contribution in [1.82, 2.24) is 10.2 Å². The van der Waals surface area contributed by atoms with Gasteiger partial charge in [-0.1, -0.05) is 13.0 Å². The molecule has 0 spiro atoms. The predicted molar refractivity (Wildman–Crippen MR) is 65.3 cm³/mol. The van der Waals surface area contributed by atoms with Crippen LogP contribution in [0.5, 0.6) is 0 Å². The highest BCUT2D eigenvalue weighted by Gasteiger charge is 2.07. The summed E-state index contributed by atoms with van der Waals surface area (Å²) in [6, 6.07) is 3.93. The van der Waals surface area contributed by atoms with Gasteiger partial charge in [0.15, 0.2) is 0 Å². The van der Waals surface area contributed by atoms with Crippen LogP contribution in [0.25, 0.3) is 0 Å². The highest BCUT2D eigenvalue weighted by Crippen LogP contribution is 2.17. The third kappa shape index (κ3) is 4.75. The van der Waals surface area contributed by atoms with E-state index in [1.54, 1.807) is 11.3 Å². The van der Waals surface area contributed by atoms with Crippen molar-refractivity contribution in [2.45, 2.75) is 13.0 Å². The largest absolute Gasteiger partial charge is 0.386 e. The summed E-state index contributed by atoms with van der Waals surface area (Å²) in [5.74, 6) is 0. The lowest BCUT2D eigenvalue weighted by molar-refractivity contribution is 0.177. The Morgan fingerprint density at radius 3 is 3.00 bits per heavy atom. The molecule has 0 saturated heterocycles. The second kappa shape index (κ2) is 6.95. The fraction of sp³-hybridized carbons (Fsp3) is 0.636. The van der Waals surface area contributed by atoms with Crippen LogP contribution in [0, 0.1) is 0 Å². The number of aliphatic hydroxyl groups excluding tert-OH is 1. The van der Waals surface area contributed by atoms with E-state index in [4.69, 9.17) is 0 Å². The first-order valence-electron chi connectivity index (χ1n) is 5.34. The third-order valence-electron chi connectivity index (χ3n) is 2.42. The van der Waals surface area contributed by atoms with Crippen LogP contribution < -0.4 is 5.32 Å². The lowest BCUT2D eigenvalue weighted by Crippen LogP contribution is -2.31. The second-order valence-corrected chi connectivity index (χ2v) is 4.61. The molecule has 0 radical (unpaired) electrons. The molecule has 0 saturated carbocycles. The molecule has 2 N–H and O–H groups in total. The van der Waals surface area contributed by atoms with Crippen molar-refractivity contribution < 1.29 is 5.11 Å². The highest BCUT2D eigenvalue weighted by atomic mass is 32.1. The van der Waals surface area contributed by atoms with Crippen molar-refractivity contribution in [1.29, 1.82) is 0 Å². The molecule has 0 amide bonds. The van der Waals surface area contributed by atoms with Gasteiger partial charge < -0.3 is 15.3 Å². The van der Waals surface area contributed by atoms with Crippen LogP contribution in [-0.4, -0.2) is 43.2 Å². The third-order valence-corrected chi connectivity index (χ3v) is 3.39. The van der Waals surface area contributed by atoms with E-state index in [1.165, 1.54) is 0 Å². The normalized spacial score (nSPS) is 13.3. The molecule has 1 heterocycles. The van der Waals surface area contributed by atoms with Crippen molar-refractivity contribution in [2.75, 3.05) is 33.2 Å². The van der Waals surface area contributed by atoms with Gasteiger partial charge in [-0.2, -0.15) is 0 Å². The first-order valence-corrected chi connectivity index (χ1v) is 6.22. The molecule has 1 unspecified atom stereocenters. The molecule has 4 heteroatoms. The molecule has 15 heavy (non-hydrogen) atoms. The van der Waals surface area contributed by atoms with E-state index < -0.39 is 0 Å². The van der Waals surface area contributed by atoms with Crippen molar-refractivity contribution in [3.05, 3.63) is 22.4 Å². The van der Waals surface area contributed by atoms with E-state index in [-0.39, 0.29) is 6.10 Å². The molecule has 86 valence electrons. The molecule has 0 aliphatic rings. The summed E-state index contributed by atoms with van der Waals surface area (Å²) in [5, 5.41) is 15.0. The maximum absolute atomic E-state index is 9.77. The molecule has 0 aliphatic carbocycles. The van der Waals surface area contributed by atoms with Gasteiger partial charge in [0.2, 0.25) is 0 Å². The Morgan fingerprint density at radius 1 is 1.60 bits per heavy atom. The van der Waals surface area contributed by atoms with E-state index in [2.05, 4.69) is 24.2 Å². The Hall–Kier alpha value is -0.420. The van der Waals surface area contributed by atoms with Crippen molar-refractivity contribution in [3.63, 3.8) is 0 Å². The van der Waals surface area contributed by atoms with Gasteiger partial charge in [0.05, 0.1) is 0 Å². The molecular formula is C11H20N2OS. The number of thiophene rings is 1. The van der Waals surface area contributed by atoms with Gasteiger partial charge in [-0.3, -0.25) is 0 Å². The van der Waals surface area contributed by atoms with E-state index in [0.717, 1.165) is 24.5 Å². The van der Waals surface area contributed by atoms with Gasteiger partial charge in [0.1, 0.15) is 6.10 Å². The Bertz CT molecular complexity index is 251. The maximum atomic E-state index is 9.77. The van der Waals surface area contributed by atoms with Crippen LogP contribution in [0.3, 0.4) is 0 Å². The number of aliphatic hydroxyl groups is 1. The van der Waals surface area contributed by atoms with Gasteiger partial charge in [0.25, 0.3) is 0 Å². The quantitative estimate of drug-likeness (QED) is 0.691. The average Bonchev–Trinajstić information content (AvgIpc) is 2.77. The minimum atomic E-state index is -0.364. The molecule has 1 aromatic rings. The maximum Gasteiger partial charge on any atom is 0.101 e. The monoisotopic (exact) mass is 228 g/mol. The standard InChI is InChI=1S/C11H20N2OS/c1-3-13(2)7-6-12-9-10(14)11-5-4-8-15-11/h4-5,8,10,12,14H,3,6-7,9H2,1-2H3. The summed E-state index contributed by atoms with van der Waals surface area (Å²) < 4.78 is 0. The predicted octanol–water partition coefficient (Wildman–Crippen LogP) is 1.32. The van der Waals surface area contributed by atoms with Gasteiger partial charge in [-0.05, 0) is 25.0 Å². The van der Waals surface area contributed by atoms with Gasteiger partial charge in [0, 0.05) is 24.5 Å². The number of likely N-dealkylation sites (N-methyl/N-ethyl adjacent to an activating group) is 1. The topological polar surface area (TPSA) is 35.5 Å². The molecule has 1 aromatic heterocycles. The summed E-state index contributed by atoms with van der Waals surface area (Å²) >= 11 is 1.60. The molecule has 0 bridgehead atoms. The van der Waals surface area contributed by atoms with E-state index in [9.17, 15) is 5.11 Å². The van der Waals surface area contributed by atoms with Crippen LogP contribution in [0.1, 0.15) is 17.9 Å². The lowest BCUT2D eigenvalue weighted by atomic mass is 10.3. The molecule has 0 aromatic carbocycles. The highest BCUT2D eigenvalue weighted by molar-refractivity contribution is 7.10. The molecule has 1 rings (SSSR count). The van der Waals surface area contributed by atoms with E-state index in [0.29, 0.717) is 6.54 Å². The number of rotatable bonds is 7. The summed E-state index contributed by atoms with van der Waals surface area (Å²) in [6.45, 7) is 5.79. The Kier molecular flexibility index (Phi) is 5.86. The zero-order valence-corrected chi connectivity index (χ0v) is 10.3. The minimum absolute atomic E-state index is 0.364. The first kappa shape index (κ1) is 12.6. The Morgan fingerprint density at radius 2 is 2.40 bits per heavy atom. The van der Waals surface area contributed by atoms with Crippen LogP contribution >= 0.6 is 11.3 Å². The first-order chi connectivity index (χ1) is 7.24. The van der Waals surface area contributed by atoms with Gasteiger partial charge >= 0.3 is 0 Å². The minimum Gasteiger partial charge on any atom is -0.386 e. The van der Waals surface area contributed by atoms with Crippen molar-refractivity contribution >= 4 is 11.3 Å². The molecule has 0 fully saturated rings. The number of nitrogens with one attached hydrogen (secondary N) is 1. The van der Waals surface area contributed by atoms with Crippen LogP contribution in [0.2, 0.25) is 0 Å². The zero-order valence-electron chi connectivity index (χ0n) is 9.44. The van der Waals surface area contributed by atoms with E-state index in [1.807, 2.05) is 17.5 Å². The van der Waals surface area contributed by atoms with Crippen LogP contribution in [0.15, 0.2) is 17.5 Å². The SMILES string of the molecule is CCN(C)CCNCC(O)c1cccs1. The molecular weight excluding hydrogens is 208 g/mol. The summed E-state index contributed by atoms with van der Waals surface area (Å²) in [4.78, 5) is 3.27. The van der Waals surface area contributed by atoms with Crippen molar-refractivity contribution in [2.24, 2.45) is 0 Å². The van der Waals surface area contributed by atoms with Crippen LogP contribution in [0.4, 0.5) is 0 Å². The molecule has 3 nitrogen and oxygen atoms in total. The van der Waals surface area contributed by atoms with Crippen molar-refractivity contribution in [3.8, 4) is 0 Å². The molecule has 0 aliphatic heterocycles. The number of hydrogen-bond acceptors (Lipinski definition) is 4. The molecule has 1 atom stereocenters. The lowest BCUT2D eigenvalue weighted by Gasteiger charge is -2.15. The average molecular weight is 228 g/mol. The van der Waals surface area contributed by atoms with E-state index >= 15 is 0 Å². The smallest absolute Gasteiger partial charge is 0.101 e. The van der Waals surface area contributed by atoms with Crippen LogP contribution in [-0.2, 0) is 0 Å². The fourth-order valence-corrected chi connectivity index (χ4v) is 1.96. The zero-order chi connectivity index (χ0) is 11.1. The van der Waals surface area contributed by atoms with Gasteiger partial charge in [-0.15, -0.1) is 11.3 Å². The summed E-state index contributed by atoms with van der Waals surface area (Å²) in [6.07, 6.45) is -0.364. The number of hydrogen-bond donors (Lipinski definition) is 2. The summed E-state index contributed by atoms with van der Waals surface area (Å²) in [7, 11) is 2.09. The van der Waals surface area contributed by atoms with Gasteiger partial charge in [-0.25, -0.2) is 0 Å². The fourth-order valence-electron chi connectivity index (χ4n) is 1.25.